The molecule has 0 aromatic heterocycles. The van der Waals surface area contributed by atoms with Crippen LogP contribution in [-0.2, 0) is 27.1 Å². The Morgan fingerprint density at radius 3 is 1.70 bits per heavy atom. The van der Waals surface area contributed by atoms with Crippen LogP contribution in [0.4, 0.5) is 45.5 Å². The molecule has 8 aromatic carbocycles. The van der Waals surface area contributed by atoms with E-state index in [0.29, 0.717) is 0 Å². The Hall–Kier alpha value is -6.78. The summed E-state index contributed by atoms with van der Waals surface area (Å²) in [5.74, 6) is 0. The first-order valence-corrected chi connectivity index (χ1v) is 28.4. The Morgan fingerprint density at radius 1 is 0.421 bits per heavy atom. The maximum Gasteiger partial charge on any atom is 0.252 e. The second kappa shape index (κ2) is 16.4. The van der Waals surface area contributed by atoms with Gasteiger partial charge in [-0.3, -0.25) is 0 Å². The Kier molecular flexibility index (Phi) is 10.5. The lowest BCUT2D eigenvalue weighted by atomic mass is 9.33. The minimum Gasteiger partial charge on any atom is -0.334 e. The van der Waals surface area contributed by atoms with E-state index in [9.17, 15) is 0 Å². The van der Waals surface area contributed by atoms with Gasteiger partial charge in [0.1, 0.15) is 0 Å². The first-order valence-electron chi connectivity index (χ1n) is 28.4. The van der Waals surface area contributed by atoms with Crippen LogP contribution in [0.1, 0.15) is 155 Å². The van der Waals surface area contributed by atoms with E-state index in [-0.39, 0.29) is 39.3 Å². The molecule has 2 atom stereocenters. The van der Waals surface area contributed by atoms with Gasteiger partial charge in [-0.1, -0.05) is 193 Å². The number of hydrogen-bond acceptors (Lipinski definition) is 3. The van der Waals surface area contributed by atoms with Crippen molar-refractivity contribution in [3.63, 3.8) is 0 Å². The van der Waals surface area contributed by atoms with Gasteiger partial charge in [-0.25, -0.2) is 0 Å². The molecule has 8 aromatic rings. The molecule has 76 heavy (non-hydrogen) atoms. The monoisotopic (exact) mass is 994 g/mol. The maximum atomic E-state index is 2.80. The molecule has 382 valence electrons. The fourth-order valence-corrected chi connectivity index (χ4v) is 14.7. The third kappa shape index (κ3) is 7.00. The molecule has 5 aliphatic rings. The normalized spacial score (nSPS) is 19.9. The largest absolute Gasteiger partial charge is 0.334 e. The highest BCUT2D eigenvalue weighted by molar-refractivity contribution is 7.00. The minimum absolute atomic E-state index is 0.00536. The summed E-state index contributed by atoms with van der Waals surface area (Å²) in [6.07, 6.45) is 4.83. The zero-order valence-electron chi connectivity index (χ0n) is 47.8. The summed E-state index contributed by atoms with van der Waals surface area (Å²) in [6.45, 7) is 33.5. The molecular formula is C72H76BN3. The Bertz CT molecular complexity index is 3710. The average Bonchev–Trinajstić information content (AvgIpc) is 3.76. The summed E-state index contributed by atoms with van der Waals surface area (Å²) in [6, 6.07) is 62.4. The Morgan fingerprint density at radius 2 is 0.987 bits per heavy atom. The van der Waals surface area contributed by atoms with Crippen LogP contribution in [0.15, 0.2) is 158 Å². The summed E-state index contributed by atoms with van der Waals surface area (Å²) < 4.78 is 0. The zero-order chi connectivity index (χ0) is 53.2. The van der Waals surface area contributed by atoms with Crippen LogP contribution in [0.2, 0.25) is 0 Å². The highest BCUT2D eigenvalue weighted by Gasteiger charge is 2.58. The molecule has 2 unspecified atom stereocenters. The van der Waals surface area contributed by atoms with E-state index in [0.717, 1.165) is 6.42 Å². The second-order valence-corrected chi connectivity index (χ2v) is 27.5. The van der Waals surface area contributed by atoms with Crippen molar-refractivity contribution in [1.82, 2.24) is 0 Å². The van der Waals surface area contributed by atoms with Gasteiger partial charge in [0.15, 0.2) is 0 Å². The van der Waals surface area contributed by atoms with Crippen LogP contribution in [0.5, 0.6) is 0 Å². The van der Waals surface area contributed by atoms with Crippen molar-refractivity contribution in [2.75, 3.05) is 14.7 Å². The van der Waals surface area contributed by atoms with Crippen molar-refractivity contribution in [3.05, 3.63) is 197 Å². The topological polar surface area (TPSA) is 9.72 Å². The SMILES string of the molecule is Cc1cc2c3c(c1)N(c1ccc(C(C)(C)C)cc1-c1ccccc1)c1cc(N4c5ccc(C(C)(C)C)cc5C5(C)CCCCC45C)ccc1B3c1ccc(C(C)(C)C)cc1N2c1ccc2c(c1)C(C)(C)c1ccccc1-2. The van der Waals surface area contributed by atoms with Crippen LogP contribution in [-0.4, -0.2) is 12.3 Å². The molecule has 0 amide bonds. The molecule has 0 bridgehead atoms. The molecule has 1 saturated carbocycles. The van der Waals surface area contributed by atoms with Crippen LogP contribution in [0, 0.1) is 6.92 Å². The quantitative estimate of drug-likeness (QED) is 0.163. The van der Waals surface area contributed by atoms with Gasteiger partial charge in [-0.15, -0.1) is 0 Å². The molecular weight excluding hydrogens is 918 g/mol. The lowest BCUT2D eigenvalue weighted by Crippen LogP contribution is -2.61. The number of benzene rings is 8. The summed E-state index contributed by atoms with van der Waals surface area (Å²) in [5, 5.41) is 0. The van der Waals surface area contributed by atoms with Gasteiger partial charge in [0.05, 0.1) is 11.2 Å². The highest BCUT2D eigenvalue weighted by atomic mass is 15.3. The zero-order valence-corrected chi connectivity index (χ0v) is 47.8. The number of aryl methyl sites for hydroxylation is 1. The molecule has 0 saturated heterocycles. The first kappa shape index (κ1) is 48.8. The van der Waals surface area contributed by atoms with Gasteiger partial charge in [0.25, 0.3) is 6.71 Å². The molecule has 1 fully saturated rings. The predicted molar refractivity (Wildman–Crippen MR) is 327 cm³/mol. The van der Waals surface area contributed by atoms with Crippen LogP contribution >= 0.6 is 0 Å². The van der Waals surface area contributed by atoms with Crippen LogP contribution < -0.4 is 31.1 Å². The van der Waals surface area contributed by atoms with Gasteiger partial charge in [0, 0.05) is 56.2 Å². The van der Waals surface area contributed by atoms with Crippen molar-refractivity contribution < 1.29 is 0 Å². The highest BCUT2D eigenvalue weighted by Crippen LogP contribution is 2.62. The number of hydrogen-bond donors (Lipinski definition) is 0. The van der Waals surface area contributed by atoms with E-state index >= 15 is 0 Å². The van der Waals surface area contributed by atoms with E-state index in [4.69, 9.17) is 0 Å². The van der Waals surface area contributed by atoms with Crippen LogP contribution in [0.3, 0.4) is 0 Å². The van der Waals surface area contributed by atoms with Crippen molar-refractivity contribution in [2.45, 2.75) is 155 Å². The molecule has 2 aliphatic carbocycles. The maximum absolute atomic E-state index is 2.80. The third-order valence-corrected chi connectivity index (χ3v) is 19.3. The Labute approximate surface area is 455 Å². The van der Waals surface area contributed by atoms with E-state index in [1.807, 2.05) is 0 Å². The van der Waals surface area contributed by atoms with E-state index in [1.54, 1.807) is 0 Å². The minimum atomic E-state index is -0.139. The molecule has 0 spiro atoms. The smallest absolute Gasteiger partial charge is 0.252 e. The lowest BCUT2D eigenvalue weighted by Gasteiger charge is -2.51. The average molecular weight is 994 g/mol. The van der Waals surface area contributed by atoms with Crippen molar-refractivity contribution >= 4 is 68.6 Å². The van der Waals surface area contributed by atoms with Crippen molar-refractivity contribution in [3.8, 4) is 22.3 Å². The summed E-state index contributed by atoms with van der Waals surface area (Å²) in [4.78, 5) is 8.12. The van der Waals surface area contributed by atoms with Gasteiger partial charge < -0.3 is 14.7 Å². The molecule has 3 aliphatic heterocycles. The van der Waals surface area contributed by atoms with Gasteiger partial charge in [0.2, 0.25) is 0 Å². The fraction of sp³-hybridized carbons (Fsp3) is 0.333. The summed E-state index contributed by atoms with van der Waals surface area (Å²) >= 11 is 0. The second-order valence-electron chi connectivity index (χ2n) is 27.5. The summed E-state index contributed by atoms with van der Waals surface area (Å²) in [5.41, 5.74) is 28.7. The summed E-state index contributed by atoms with van der Waals surface area (Å²) in [7, 11) is 0. The van der Waals surface area contributed by atoms with E-state index in [1.165, 1.54) is 142 Å². The van der Waals surface area contributed by atoms with E-state index in [2.05, 4.69) is 269 Å². The molecule has 3 nitrogen and oxygen atoms in total. The third-order valence-electron chi connectivity index (χ3n) is 19.3. The number of fused-ring (bicyclic) bond motifs is 10. The predicted octanol–water partition coefficient (Wildman–Crippen LogP) is 17.7. The van der Waals surface area contributed by atoms with Crippen molar-refractivity contribution in [2.24, 2.45) is 0 Å². The van der Waals surface area contributed by atoms with Gasteiger partial charge in [-0.2, -0.15) is 0 Å². The lowest BCUT2D eigenvalue weighted by molar-refractivity contribution is 0.195. The Balaban J connectivity index is 1.10. The van der Waals surface area contributed by atoms with Crippen LogP contribution in [0.25, 0.3) is 22.3 Å². The molecule has 0 N–H and O–H groups in total. The number of nitrogens with zero attached hydrogens (tertiary/aromatic N) is 3. The first-order chi connectivity index (χ1) is 36.0. The van der Waals surface area contributed by atoms with Gasteiger partial charge >= 0.3 is 0 Å². The molecule has 4 heteroatoms. The van der Waals surface area contributed by atoms with Gasteiger partial charge in [-0.05, 0) is 176 Å². The molecule has 3 heterocycles. The number of rotatable bonds is 4. The standard InChI is InChI=1S/C72H76BN3/c1-45-38-64-66-65(39-45)75(60-34-27-47(67(2,3)4)40-54(60)46-22-16-15-17-23-46)63-44-51(76-61-35-28-48(68(5,6)7)41-57(61)71(13)36-20-21-37-72(71,76)14)30-33-59(63)73(66)58-32-26-49(69(8,9)10)42-62(58)74(64)50-29-31-53-52-24-18-19-25-55(52)70(11,12)56(53)43-50/h15-19,22-35,38-44H,20-21,36-37H2,1-14H3. The fourth-order valence-electron chi connectivity index (χ4n) is 14.7. The molecule has 13 rings (SSSR count). The van der Waals surface area contributed by atoms with E-state index < -0.39 is 0 Å². The van der Waals surface area contributed by atoms with Crippen molar-refractivity contribution in [1.29, 1.82) is 0 Å². The number of anilines is 8. The molecule has 0 radical (unpaired) electrons.